The van der Waals surface area contributed by atoms with Crippen LogP contribution >= 0.6 is 11.6 Å². The summed E-state index contributed by atoms with van der Waals surface area (Å²) in [5, 5.41) is 2.87. The minimum atomic E-state index is -0.314. The molecule has 0 heterocycles. The van der Waals surface area contributed by atoms with E-state index < -0.39 is 0 Å². The second-order valence-electron chi connectivity index (χ2n) is 5.87. The zero-order valence-corrected chi connectivity index (χ0v) is 12.3. The van der Waals surface area contributed by atoms with Gasteiger partial charge in [-0.05, 0) is 38.3 Å². The first-order valence-corrected chi connectivity index (χ1v) is 6.95. The number of hydrogen-bond acceptors (Lipinski definition) is 2. The van der Waals surface area contributed by atoms with Crippen LogP contribution in [0.1, 0.15) is 37.9 Å². The number of hydrogen-bond donors (Lipinski definition) is 1. The van der Waals surface area contributed by atoms with Crippen molar-refractivity contribution in [2.75, 3.05) is 6.61 Å². The van der Waals surface area contributed by atoms with Crippen LogP contribution in [0.15, 0.2) is 24.3 Å². The minimum Gasteiger partial charge on any atom is -0.366 e. The molecule has 19 heavy (non-hydrogen) atoms. The van der Waals surface area contributed by atoms with E-state index in [0.29, 0.717) is 0 Å². The van der Waals surface area contributed by atoms with Crippen molar-refractivity contribution in [3.05, 3.63) is 35.4 Å². The van der Waals surface area contributed by atoms with Crippen LogP contribution in [-0.2, 0) is 16.0 Å². The lowest BCUT2D eigenvalue weighted by molar-refractivity contribution is -0.131. The minimum absolute atomic E-state index is 0.0613. The van der Waals surface area contributed by atoms with Crippen LogP contribution < -0.4 is 5.32 Å². The Kier molecular flexibility index (Phi) is 4.16. The third-order valence-corrected chi connectivity index (χ3v) is 3.53. The molecule has 2 rings (SSSR count). The van der Waals surface area contributed by atoms with Crippen molar-refractivity contribution in [2.45, 2.75) is 44.2 Å². The molecule has 0 radical (unpaired) electrons. The molecule has 1 aliphatic carbocycles. The molecule has 1 N–H and O–H groups in total. The molecule has 4 heteroatoms. The first kappa shape index (κ1) is 14.4. The number of rotatable bonds is 3. The maximum Gasteiger partial charge on any atom is 0.246 e. The number of benzene rings is 1. The molecule has 0 spiro atoms. The van der Waals surface area contributed by atoms with Crippen molar-refractivity contribution < 1.29 is 9.53 Å². The van der Waals surface area contributed by atoms with Gasteiger partial charge in [0.15, 0.2) is 0 Å². The van der Waals surface area contributed by atoms with E-state index in [0.717, 1.165) is 12.0 Å². The number of amides is 1. The summed E-state index contributed by atoms with van der Waals surface area (Å²) in [6, 6.07) is 7.93. The molecule has 2 atom stereocenters. The summed E-state index contributed by atoms with van der Waals surface area (Å²) >= 11 is 6.32. The second kappa shape index (κ2) is 5.51. The first-order chi connectivity index (χ1) is 8.87. The van der Waals surface area contributed by atoms with Crippen LogP contribution in [0, 0.1) is 0 Å². The fraction of sp³-hybridized carbons (Fsp3) is 0.533. The van der Waals surface area contributed by atoms with Gasteiger partial charge in [-0.3, -0.25) is 4.79 Å². The molecule has 1 aliphatic rings. The highest BCUT2D eigenvalue weighted by atomic mass is 35.5. The highest BCUT2D eigenvalue weighted by Gasteiger charge is 2.31. The van der Waals surface area contributed by atoms with E-state index >= 15 is 0 Å². The zero-order valence-electron chi connectivity index (χ0n) is 11.6. The number of halogens is 1. The Morgan fingerprint density at radius 2 is 2.11 bits per heavy atom. The van der Waals surface area contributed by atoms with Gasteiger partial charge >= 0.3 is 0 Å². The van der Waals surface area contributed by atoms with E-state index in [1.165, 1.54) is 5.56 Å². The second-order valence-corrected chi connectivity index (χ2v) is 6.43. The molecule has 1 amide bonds. The van der Waals surface area contributed by atoms with Crippen molar-refractivity contribution >= 4 is 17.5 Å². The summed E-state index contributed by atoms with van der Waals surface area (Å²) in [5.74, 6) is -0.123. The van der Waals surface area contributed by atoms with Gasteiger partial charge in [-0.15, -0.1) is 11.6 Å². The third kappa shape index (κ3) is 3.71. The molecule has 104 valence electrons. The van der Waals surface area contributed by atoms with Crippen LogP contribution in [0.25, 0.3) is 0 Å². The summed E-state index contributed by atoms with van der Waals surface area (Å²) in [7, 11) is 0. The lowest BCUT2D eigenvalue weighted by Gasteiger charge is -2.21. The number of fused-ring (bicyclic) bond motifs is 1. The van der Waals surface area contributed by atoms with Gasteiger partial charge in [0, 0.05) is 0 Å². The van der Waals surface area contributed by atoms with Crippen LogP contribution in [-0.4, -0.2) is 23.5 Å². The average Bonchev–Trinajstić information content (AvgIpc) is 2.63. The van der Waals surface area contributed by atoms with E-state index in [-0.39, 0.29) is 29.5 Å². The number of carbonyl (C=O) groups is 1. The molecule has 0 aliphatic heterocycles. The topological polar surface area (TPSA) is 38.3 Å². The number of alkyl halides is 1. The van der Waals surface area contributed by atoms with Gasteiger partial charge in [-0.25, -0.2) is 0 Å². The van der Waals surface area contributed by atoms with E-state index in [9.17, 15) is 4.79 Å². The maximum absolute atomic E-state index is 11.9. The predicted molar refractivity (Wildman–Crippen MR) is 76.4 cm³/mol. The zero-order chi connectivity index (χ0) is 14.0. The van der Waals surface area contributed by atoms with Crippen LogP contribution in [0.2, 0.25) is 0 Å². The monoisotopic (exact) mass is 281 g/mol. The highest BCUT2D eigenvalue weighted by Crippen LogP contribution is 2.34. The normalized spacial score (nSPS) is 22.1. The quantitative estimate of drug-likeness (QED) is 0.865. The average molecular weight is 282 g/mol. The summed E-state index contributed by atoms with van der Waals surface area (Å²) in [5.41, 5.74) is 2.02. The number of carbonyl (C=O) groups excluding carboxylic acids is 1. The first-order valence-electron chi connectivity index (χ1n) is 6.52. The van der Waals surface area contributed by atoms with Crippen LogP contribution in [0.3, 0.4) is 0 Å². The van der Waals surface area contributed by atoms with Crippen molar-refractivity contribution in [2.24, 2.45) is 0 Å². The Bertz CT molecular complexity index is 467. The van der Waals surface area contributed by atoms with Crippen molar-refractivity contribution in [3.8, 4) is 0 Å². The Labute approximate surface area is 119 Å². The van der Waals surface area contributed by atoms with Gasteiger partial charge in [0.25, 0.3) is 0 Å². The van der Waals surface area contributed by atoms with Crippen molar-refractivity contribution in [1.29, 1.82) is 0 Å². The molecule has 0 bridgehead atoms. The molecule has 3 nitrogen and oxygen atoms in total. The summed E-state index contributed by atoms with van der Waals surface area (Å²) in [6.45, 7) is 5.84. The van der Waals surface area contributed by atoms with E-state index in [2.05, 4.69) is 11.4 Å². The van der Waals surface area contributed by atoms with Crippen LogP contribution in [0.5, 0.6) is 0 Å². The summed E-state index contributed by atoms with van der Waals surface area (Å²) in [4.78, 5) is 11.9. The Balaban J connectivity index is 1.98. The standard InChI is InChI=1S/C15H20ClNO2/c1-15(2,3)19-9-13(18)17-14-11-7-5-4-6-10(11)8-12(14)16/h4-7,12,14H,8-9H2,1-3H3,(H,17,18). The molecular formula is C15H20ClNO2. The van der Waals surface area contributed by atoms with Gasteiger partial charge < -0.3 is 10.1 Å². The largest absolute Gasteiger partial charge is 0.366 e. The van der Waals surface area contributed by atoms with Gasteiger partial charge in [-0.1, -0.05) is 24.3 Å². The maximum atomic E-state index is 11.9. The third-order valence-electron chi connectivity index (χ3n) is 3.12. The Hall–Kier alpha value is -1.06. The SMILES string of the molecule is CC(C)(C)OCC(=O)NC1c2ccccc2CC1Cl. The molecule has 0 aromatic heterocycles. The van der Waals surface area contributed by atoms with Gasteiger partial charge in [0.2, 0.25) is 5.91 Å². The Morgan fingerprint density at radius 3 is 2.79 bits per heavy atom. The van der Waals surface area contributed by atoms with Crippen molar-refractivity contribution in [3.63, 3.8) is 0 Å². The summed E-state index contributed by atoms with van der Waals surface area (Å²) < 4.78 is 5.47. The number of nitrogens with one attached hydrogen (secondary N) is 1. The molecule has 2 unspecified atom stereocenters. The van der Waals surface area contributed by atoms with Gasteiger partial charge in [0.1, 0.15) is 6.61 Å². The van der Waals surface area contributed by atoms with E-state index in [1.807, 2.05) is 39.0 Å². The molecular weight excluding hydrogens is 262 g/mol. The fourth-order valence-corrected chi connectivity index (χ4v) is 2.58. The molecule has 0 fully saturated rings. The smallest absolute Gasteiger partial charge is 0.246 e. The Morgan fingerprint density at radius 1 is 1.42 bits per heavy atom. The van der Waals surface area contributed by atoms with Crippen molar-refractivity contribution in [1.82, 2.24) is 5.32 Å². The van der Waals surface area contributed by atoms with Crippen LogP contribution in [0.4, 0.5) is 0 Å². The van der Waals surface area contributed by atoms with E-state index in [1.54, 1.807) is 0 Å². The predicted octanol–water partition coefficient (Wildman–Crippen LogP) is 2.82. The van der Waals surface area contributed by atoms with Gasteiger partial charge in [-0.2, -0.15) is 0 Å². The van der Waals surface area contributed by atoms with Gasteiger partial charge in [0.05, 0.1) is 17.0 Å². The molecule has 1 aromatic carbocycles. The lowest BCUT2D eigenvalue weighted by atomic mass is 10.1. The van der Waals surface area contributed by atoms with E-state index in [4.69, 9.17) is 16.3 Å². The highest BCUT2D eigenvalue weighted by molar-refractivity contribution is 6.21. The summed E-state index contributed by atoms with van der Waals surface area (Å²) in [6.07, 6.45) is 0.794. The fourth-order valence-electron chi connectivity index (χ4n) is 2.21. The number of ether oxygens (including phenoxy) is 1. The molecule has 1 aromatic rings. The molecule has 0 saturated carbocycles. The lowest BCUT2D eigenvalue weighted by Crippen LogP contribution is -2.36. The molecule has 0 saturated heterocycles.